The van der Waals surface area contributed by atoms with Gasteiger partial charge >= 0.3 is 5.97 Å². The average molecular weight is 228 g/mol. The molecule has 1 atom stereocenters. The summed E-state index contributed by atoms with van der Waals surface area (Å²) in [5.41, 5.74) is -1.08. The van der Waals surface area contributed by atoms with Crippen molar-refractivity contribution < 1.29 is 14.7 Å². The molecule has 0 aliphatic heterocycles. The number of carbonyl (C=O) groups excluding carboxylic acids is 1. The summed E-state index contributed by atoms with van der Waals surface area (Å²) in [6.07, 6.45) is 2.11. The third-order valence-corrected chi connectivity index (χ3v) is 3.02. The molecule has 5 nitrogen and oxygen atoms in total. The fourth-order valence-electron chi connectivity index (χ4n) is 1.67. The Balaban J connectivity index is 2.49. The molecule has 92 valence electrons. The number of hydrogen-bond donors (Lipinski definition) is 2. The summed E-state index contributed by atoms with van der Waals surface area (Å²) in [4.78, 5) is 24.6. The van der Waals surface area contributed by atoms with Crippen molar-refractivity contribution in [2.75, 3.05) is 20.6 Å². The van der Waals surface area contributed by atoms with E-state index in [1.807, 2.05) is 19.0 Å². The quantitative estimate of drug-likeness (QED) is 0.686. The molecular weight excluding hydrogens is 208 g/mol. The molecule has 1 aliphatic carbocycles. The van der Waals surface area contributed by atoms with E-state index >= 15 is 0 Å². The molecule has 1 aliphatic rings. The van der Waals surface area contributed by atoms with Crippen LogP contribution in [-0.2, 0) is 9.59 Å². The minimum atomic E-state index is -1.08. The van der Waals surface area contributed by atoms with E-state index in [-0.39, 0.29) is 11.8 Å². The van der Waals surface area contributed by atoms with Crippen LogP contribution < -0.4 is 5.32 Å². The summed E-state index contributed by atoms with van der Waals surface area (Å²) in [6, 6.07) is 0. The Bertz CT molecular complexity index is 287. The van der Waals surface area contributed by atoms with Gasteiger partial charge in [-0.1, -0.05) is 0 Å². The molecule has 0 spiro atoms. The van der Waals surface area contributed by atoms with Gasteiger partial charge in [-0.3, -0.25) is 4.79 Å². The van der Waals surface area contributed by atoms with E-state index in [1.54, 1.807) is 6.92 Å². The van der Waals surface area contributed by atoms with Gasteiger partial charge in [-0.05, 0) is 39.8 Å². The highest BCUT2D eigenvalue weighted by molar-refractivity contribution is 5.87. The topological polar surface area (TPSA) is 69.6 Å². The Morgan fingerprint density at radius 1 is 1.44 bits per heavy atom. The van der Waals surface area contributed by atoms with Crippen LogP contribution in [0.2, 0.25) is 0 Å². The van der Waals surface area contributed by atoms with Crippen LogP contribution in [0, 0.1) is 5.92 Å². The summed E-state index contributed by atoms with van der Waals surface area (Å²) >= 11 is 0. The van der Waals surface area contributed by atoms with Crippen LogP contribution in [0.4, 0.5) is 0 Å². The van der Waals surface area contributed by atoms with E-state index in [1.165, 1.54) is 0 Å². The smallest absolute Gasteiger partial charge is 0.329 e. The molecule has 0 aromatic rings. The predicted molar refractivity (Wildman–Crippen MR) is 60.1 cm³/mol. The van der Waals surface area contributed by atoms with Crippen LogP contribution in [0.5, 0.6) is 0 Å². The molecule has 2 N–H and O–H groups in total. The van der Waals surface area contributed by atoms with Gasteiger partial charge in [0.2, 0.25) is 5.91 Å². The number of rotatable bonds is 6. The minimum absolute atomic E-state index is 0.0910. The van der Waals surface area contributed by atoms with E-state index in [9.17, 15) is 9.59 Å². The fraction of sp³-hybridized carbons (Fsp3) is 0.818. The van der Waals surface area contributed by atoms with Crippen LogP contribution in [0.3, 0.4) is 0 Å². The zero-order chi connectivity index (χ0) is 12.3. The van der Waals surface area contributed by atoms with E-state index in [2.05, 4.69) is 5.32 Å². The maximum atomic E-state index is 11.6. The molecule has 0 aromatic heterocycles. The van der Waals surface area contributed by atoms with Crippen molar-refractivity contribution in [1.29, 1.82) is 0 Å². The molecule has 0 radical (unpaired) electrons. The first-order chi connectivity index (χ1) is 7.36. The largest absolute Gasteiger partial charge is 0.480 e. The summed E-state index contributed by atoms with van der Waals surface area (Å²) in [5.74, 6) is -1.04. The Labute approximate surface area is 95.8 Å². The normalized spacial score (nSPS) is 19.2. The third-order valence-electron chi connectivity index (χ3n) is 3.02. The summed E-state index contributed by atoms with van der Waals surface area (Å²) in [7, 11) is 3.76. The van der Waals surface area contributed by atoms with Crippen molar-refractivity contribution in [2.45, 2.75) is 31.7 Å². The number of amides is 1. The van der Waals surface area contributed by atoms with Crippen molar-refractivity contribution >= 4 is 11.9 Å². The fourth-order valence-corrected chi connectivity index (χ4v) is 1.67. The van der Waals surface area contributed by atoms with Gasteiger partial charge in [0.05, 0.1) is 0 Å². The van der Waals surface area contributed by atoms with Crippen molar-refractivity contribution in [3.63, 3.8) is 0 Å². The Morgan fingerprint density at radius 3 is 2.38 bits per heavy atom. The lowest BCUT2D eigenvalue weighted by atomic mass is 9.96. The predicted octanol–water partition coefficient (Wildman–Crippen LogP) is 0.308. The van der Waals surface area contributed by atoms with Crippen molar-refractivity contribution in [2.24, 2.45) is 5.92 Å². The van der Waals surface area contributed by atoms with E-state index < -0.39 is 11.5 Å². The number of aliphatic carboxylic acids is 1. The van der Waals surface area contributed by atoms with E-state index in [0.29, 0.717) is 13.0 Å². The second kappa shape index (κ2) is 4.82. The summed E-state index contributed by atoms with van der Waals surface area (Å²) < 4.78 is 0. The number of carbonyl (C=O) groups is 2. The minimum Gasteiger partial charge on any atom is -0.480 e. The second-order valence-corrected chi connectivity index (χ2v) is 4.88. The number of nitrogens with one attached hydrogen (secondary N) is 1. The molecule has 1 unspecified atom stereocenters. The lowest BCUT2D eigenvalue weighted by molar-refractivity contribution is -0.147. The van der Waals surface area contributed by atoms with Crippen LogP contribution in [-0.4, -0.2) is 48.1 Å². The van der Waals surface area contributed by atoms with E-state index in [0.717, 1.165) is 12.8 Å². The zero-order valence-electron chi connectivity index (χ0n) is 10.1. The van der Waals surface area contributed by atoms with Gasteiger partial charge in [0, 0.05) is 13.0 Å². The molecule has 0 bridgehead atoms. The molecule has 5 heteroatoms. The van der Waals surface area contributed by atoms with Gasteiger partial charge in [0.15, 0.2) is 0 Å². The average Bonchev–Trinajstić information content (AvgIpc) is 2.97. The van der Waals surface area contributed by atoms with Gasteiger partial charge < -0.3 is 15.3 Å². The molecular formula is C11H20N2O3. The first kappa shape index (κ1) is 13.0. The third kappa shape index (κ3) is 3.20. The van der Waals surface area contributed by atoms with Crippen molar-refractivity contribution in [3.8, 4) is 0 Å². The van der Waals surface area contributed by atoms with Crippen LogP contribution in [0.1, 0.15) is 26.2 Å². The molecule has 16 heavy (non-hydrogen) atoms. The lowest BCUT2D eigenvalue weighted by Gasteiger charge is -2.26. The zero-order valence-corrected chi connectivity index (χ0v) is 10.1. The Kier molecular flexibility index (Phi) is 3.91. The number of nitrogens with zero attached hydrogens (tertiary/aromatic N) is 1. The molecule has 0 heterocycles. The van der Waals surface area contributed by atoms with Gasteiger partial charge in [0.1, 0.15) is 5.54 Å². The van der Waals surface area contributed by atoms with E-state index in [4.69, 9.17) is 5.11 Å². The first-order valence-corrected chi connectivity index (χ1v) is 5.55. The first-order valence-electron chi connectivity index (χ1n) is 5.55. The summed E-state index contributed by atoms with van der Waals surface area (Å²) in [5, 5.41) is 11.8. The van der Waals surface area contributed by atoms with Crippen LogP contribution in [0.25, 0.3) is 0 Å². The van der Waals surface area contributed by atoms with Crippen molar-refractivity contribution in [1.82, 2.24) is 10.2 Å². The highest BCUT2D eigenvalue weighted by atomic mass is 16.4. The molecule has 0 aromatic carbocycles. The molecule has 1 rings (SSSR count). The molecule has 1 saturated carbocycles. The van der Waals surface area contributed by atoms with Crippen molar-refractivity contribution in [3.05, 3.63) is 0 Å². The highest BCUT2D eigenvalue weighted by Crippen LogP contribution is 2.39. The van der Waals surface area contributed by atoms with Gasteiger partial charge in [-0.2, -0.15) is 0 Å². The van der Waals surface area contributed by atoms with Gasteiger partial charge in [-0.15, -0.1) is 0 Å². The number of carboxylic acids is 1. The Morgan fingerprint density at radius 2 is 2.00 bits per heavy atom. The molecule has 1 amide bonds. The Hall–Kier alpha value is -1.10. The maximum Gasteiger partial charge on any atom is 0.329 e. The monoisotopic (exact) mass is 228 g/mol. The number of hydrogen-bond acceptors (Lipinski definition) is 3. The van der Waals surface area contributed by atoms with Gasteiger partial charge in [-0.25, -0.2) is 4.79 Å². The van der Waals surface area contributed by atoms with Crippen LogP contribution in [0.15, 0.2) is 0 Å². The lowest BCUT2D eigenvalue weighted by Crippen LogP contribution is -2.54. The second-order valence-electron chi connectivity index (χ2n) is 4.88. The van der Waals surface area contributed by atoms with Gasteiger partial charge in [0.25, 0.3) is 0 Å². The van der Waals surface area contributed by atoms with Crippen LogP contribution >= 0.6 is 0 Å². The molecule has 1 fully saturated rings. The maximum absolute atomic E-state index is 11.6. The molecule has 0 saturated heterocycles. The standard InChI is InChI=1S/C11H20N2O3/c1-11(10(15)16,8-4-5-8)12-9(14)6-7-13(2)3/h8H,4-7H2,1-3H3,(H,12,14)(H,15,16). The SMILES string of the molecule is CN(C)CCC(=O)NC(C)(C(=O)O)C1CC1. The number of carboxylic acid groups (broad SMARTS) is 1. The summed E-state index contributed by atoms with van der Waals surface area (Å²) in [6.45, 7) is 2.23. The highest BCUT2D eigenvalue weighted by Gasteiger charge is 2.48.